The molecule has 1 aromatic carbocycles. The number of phenols is 1. The lowest BCUT2D eigenvalue weighted by molar-refractivity contribution is 0.0693. The van der Waals surface area contributed by atoms with Gasteiger partial charge in [0, 0.05) is 5.54 Å². The third-order valence-corrected chi connectivity index (χ3v) is 2.00. The number of benzene rings is 1. The van der Waals surface area contributed by atoms with Gasteiger partial charge in [0.15, 0.2) is 0 Å². The summed E-state index contributed by atoms with van der Waals surface area (Å²) in [5.74, 6) is -2.28. The summed E-state index contributed by atoms with van der Waals surface area (Å²) < 4.78 is 0. The zero-order valence-corrected chi connectivity index (χ0v) is 9.94. The molecule has 1 amide bonds. The highest BCUT2D eigenvalue weighted by molar-refractivity contribution is 6.01. The number of hydrogen-bond acceptors (Lipinski definition) is 3. The first-order chi connectivity index (χ1) is 7.72. The molecule has 0 spiro atoms. The van der Waals surface area contributed by atoms with Crippen LogP contribution in [0.3, 0.4) is 0 Å². The van der Waals surface area contributed by atoms with E-state index in [-0.39, 0.29) is 11.1 Å². The van der Waals surface area contributed by atoms with Gasteiger partial charge in [-0.2, -0.15) is 0 Å². The Hall–Kier alpha value is -2.04. The SMILES string of the molecule is CC(C)(C)NC(=O)c1cccc(C(=O)O)c1O. The average Bonchev–Trinajstić information content (AvgIpc) is 2.14. The quantitative estimate of drug-likeness (QED) is 0.729. The molecule has 0 aromatic heterocycles. The molecule has 0 saturated heterocycles. The summed E-state index contributed by atoms with van der Waals surface area (Å²) in [6.45, 7) is 5.38. The molecule has 3 N–H and O–H groups in total. The molecule has 0 saturated carbocycles. The van der Waals surface area contributed by atoms with Crippen LogP contribution in [0.5, 0.6) is 5.75 Å². The molecule has 1 aromatic rings. The summed E-state index contributed by atoms with van der Waals surface area (Å²) in [5.41, 5.74) is -0.783. The predicted molar refractivity (Wildman–Crippen MR) is 62.3 cm³/mol. The fourth-order valence-electron chi connectivity index (χ4n) is 1.31. The number of rotatable bonds is 2. The second-order valence-electron chi connectivity index (χ2n) is 4.71. The first-order valence-corrected chi connectivity index (χ1v) is 5.10. The fraction of sp³-hybridized carbons (Fsp3) is 0.333. The Morgan fingerprint density at radius 1 is 1.18 bits per heavy atom. The molecule has 0 atom stereocenters. The number of para-hydroxylation sites is 1. The molecule has 17 heavy (non-hydrogen) atoms. The van der Waals surface area contributed by atoms with Gasteiger partial charge in [-0.1, -0.05) is 6.07 Å². The lowest BCUT2D eigenvalue weighted by Crippen LogP contribution is -2.40. The highest BCUT2D eigenvalue weighted by atomic mass is 16.4. The van der Waals surface area contributed by atoms with Crippen LogP contribution in [0.1, 0.15) is 41.5 Å². The molecule has 0 aliphatic carbocycles. The van der Waals surface area contributed by atoms with E-state index in [0.29, 0.717) is 0 Å². The Bertz CT molecular complexity index is 460. The Labute approximate surface area is 99.1 Å². The maximum atomic E-state index is 11.8. The molecule has 0 aliphatic heterocycles. The largest absolute Gasteiger partial charge is 0.506 e. The summed E-state index contributed by atoms with van der Waals surface area (Å²) >= 11 is 0. The summed E-state index contributed by atoms with van der Waals surface area (Å²) in [4.78, 5) is 22.6. The number of carboxylic acid groups (broad SMARTS) is 1. The minimum Gasteiger partial charge on any atom is -0.506 e. The number of amides is 1. The molecule has 5 nitrogen and oxygen atoms in total. The van der Waals surface area contributed by atoms with Crippen LogP contribution < -0.4 is 5.32 Å². The number of aromatic carboxylic acids is 1. The van der Waals surface area contributed by atoms with E-state index < -0.39 is 23.2 Å². The van der Waals surface area contributed by atoms with Gasteiger partial charge >= 0.3 is 5.97 Å². The van der Waals surface area contributed by atoms with Crippen molar-refractivity contribution < 1.29 is 19.8 Å². The fourth-order valence-corrected chi connectivity index (χ4v) is 1.31. The zero-order valence-electron chi connectivity index (χ0n) is 9.94. The van der Waals surface area contributed by atoms with E-state index in [9.17, 15) is 14.7 Å². The predicted octanol–water partition coefficient (Wildman–Crippen LogP) is 1.62. The van der Waals surface area contributed by atoms with Gasteiger partial charge in [0.2, 0.25) is 0 Å². The van der Waals surface area contributed by atoms with Gasteiger partial charge in [-0.15, -0.1) is 0 Å². The van der Waals surface area contributed by atoms with Crippen molar-refractivity contribution in [1.29, 1.82) is 0 Å². The molecule has 0 unspecified atom stereocenters. The summed E-state index contributed by atoms with van der Waals surface area (Å²) in [5, 5.41) is 21.1. The van der Waals surface area contributed by atoms with Crippen molar-refractivity contribution in [2.45, 2.75) is 26.3 Å². The Morgan fingerprint density at radius 2 is 1.71 bits per heavy atom. The van der Waals surface area contributed by atoms with Crippen molar-refractivity contribution in [1.82, 2.24) is 5.32 Å². The third-order valence-electron chi connectivity index (χ3n) is 2.00. The van der Waals surface area contributed by atoms with Crippen molar-refractivity contribution in [3.05, 3.63) is 29.3 Å². The van der Waals surface area contributed by atoms with E-state index in [0.717, 1.165) is 0 Å². The normalized spacial score (nSPS) is 11.0. The molecule has 1 rings (SSSR count). The number of nitrogens with one attached hydrogen (secondary N) is 1. The Morgan fingerprint density at radius 3 is 2.18 bits per heavy atom. The number of aromatic hydroxyl groups is 1. The highest BCUT2D eigenvalue weighted by Gasteiger charge is 2.21. The van der Waals surface area contributed by atoms with Gasteiger partial charge in [0.1, 0.15) is 11.3 Å². The van der Waals surface area contributed by atoms with Crippen molar-refractivity contribution in [2.75, 3.05) is 0 Å². The zero-order chi connectivity index (χ0) is 13.2. The lowest BCUT2D eigenvalue weighted by Gasteiger charge is -2.20. The van der Waals surface area contributed by atoms with E-state index in [1.807, 2.05) is 0 Å². The van der Waals surface area contributed by atoms with Crippen LogP contribution in [0.4, 0.5) is 0 Å². The summed E-state index contributed by atoms with van der Waals surface area (Å²) in [6.07, 6.45) is 0. The van der Waals surface area contributed by atoms with Gasteiger partial charge < -0.3 is 15.5 Å². The van der Waals surface area contributed by atoms with Gasteiger partial charge in [-0.3, -0.25) is 4.79 Å². The van der Waals surface area contributed by atoms with Crippen LogP contribution in [0.2, 0.25) is 0 Å². The maximum absolute atomic E-state index is 11.8. The van der Waals surface area contributed by atoms with Crippen LogP contribution in [-0.4, -0.2) is 27.6 Å². The van der Waals surface area contributed by atoms with E-state index >= 15 is 0 Å². The second kappa shape index (κ2) is 4.45. The van der Waals surface area contributed by atoms with Crippen molar-refractivity contribution in [3.63, 3.8) is 0 Å². The molecule has 5 heteroatoms. The third kappa shape index (κ3) is 3.21. The summed E-state index contributed by atoms with van der Waals surface area (Å²) in [6, 6.07) is 4.04. The molecule has 0 radical (unpaired) electrons. The number of carbonyl (C=O) groups is 2. The highest BCUT2D eigenvalue weighted by Crippen LogP contribution is 2.22. The number of carbonyl (C=O) groups excluding carboxylic acids is 1. The summed E-state index contributed by atoms with van der Waals surface area (Å²) in [7, 11) is 0. The molecule has 0 fully saturated rings. The first-order valence-electron chi connectivity index (χ1n) is 5.10. The molecule has 0 aliphatic rings. The van der Waals surface area contributed by atoms with E-state index in [2.05, 4.69) is 5.32 Å². The topological polar surface area (TPSA) is 86.6 Å². The molecular formula is C12H15NO4. The number of hydrogen-bond donors (Lipinski definition) is 3. The lowest BCUT2D eigenvalue weighted by atomic mass is 10.1. The van der Waals surface area contributed by atoms with Crippen LogP contribution in [0.15, 0.2) is 18.2 Å². The van der Waals surface area contributed by atoms with E-state index in [4.69, 9.17) is 5.11 Å². The van der Waals surface area contributed by atoms with Crippen molar-refractivity contribution >= 4 is 11.9 Å². The van der Waals surface area contributed by atoms with Crippen LogP contribution in [0, 0.1) is 0 Å². The van der Waals surface area contributed by atoms with Gasteiger partial charge in [0.25, 0.3) is 5.91 Å². The average molecular weight is 237 g/mol. The first kappa shape index (κ1) is 13.0. The van der Waals surface area contributed by atoms with E-state index in [1.54, 1.807) is 20.8 Å². The maximum Gasteiger partial charge on any atom is 0.339 e. The Balaban J connectivity index is 3.11. The smallest absolute Gasteiger partial charge is 0.339 e. The Kier molecular flexibility index (Phi) is 3.41. The van der Waals surface area contributed by atoms with Crippen molar-refractivity contribution in [2.24, 2.45) is 0 Å². The minimum absolute atomic E-state index is 0.0418. The molecular weight excluding hydrogens is 222 g/mol. The van der Waals surface area contributed by atoms with Crippen molar-refractivity contribution in [3.8, 4) is 5.75 Å². The minimum atomic E-state index is -1.27. The molecule has 0 heterocycles. The monoisotopic (exact) mass is 237 g/mol. The number of carboxylic acids is 1. The molecule has 92 valence electrons. The van der Waals surface area contributed by atoms with Crippen LogP contribution >= 0.6 is 0 Å². The standard InChI is InChI=1S/C12H15NO4/c1-12(2,3)13-10(15)7-5-4-6-8(9(7)14)11(16)17/h4-6,14H,1-3H3,(H,13,15)(H,16,17). The van der Waals surface area contributed by atoms with E-state index in [1.165, 1.54) is 18.2 Å². The van der Waals surface area contributed by atoms with Crippen LogP contribution in [0.25, 0.3) is 0 Å². The van der Waals surface area contributed by atoms with Gasteiger partial charge in [0.05, 0.1) is 5.56 Å². The molecule has 0 bridgehead atoms. The van der Waals surface area contributed by atoms with Gasteiger partial charge in [-0.25, -0.2) is 4.79 Å². The van der Waals surface area contributed by atoms with Crippen LogP contribution in [-0.2, 0) is 0 Å². The second-order valence-corrected chi connectivity index (χ2v) is 4.71. The van der Waals surface area contributed by atoms with Gasteiger partial charge in [-0.05, 0) is 32.9 Å².